The monoisotopic (exact) mass is 261 g/mol. The number of nitrogens with zero attached hydrogens (tertiary/aromatic N) is 1. The highest BCUT2D eigenvalue weighted by Gasteiger charge is 2.33. The number of carboxylic acids is 1. The van der Waals surface area contributed by atoms with Crippen molar-refractivity contribution in [2.24, 2.45) is 0 Å². The Balaban J connectivity index is 2.16. The maximum Gasteiger partial charge on any atom is 0.305 e. The Morgan fingerprint density at radius 1 is 1.32 bits per heavy atom. The van der Waals surface area contributed by atoms with Crippen LogP contribution in [0.1, 0.15) is 42.1 Å². The highest BCUT2D eigenvalue weighted by Crippen LogP contribution is 2.29. The van der Waals surface area contributed by atoms with Gasteiger partial charge in [0.25, 0.3) is 5.91 Å². The zero-order valence-electron chi connectivity index (χ0n) is 11.1. The van der Waals surface area contributed by atoms with Crippen LogP contribution in [-0.2, 0) is 11.2 Å². The van der Waals surface area contributed by atoms with Crippen molar-refractivity contribution in [3.8, 4) is 0 Å². The largest absolute Gasteiger partial charge is 0.481 e. The van der Waals surface area contributed by atoms with Gasteiger partial charge in [0, 0.05) is 18.2 Å². The molecular weight excluding hydrogens is 242 g/mol. The molecule has 1 aliphatic carbocycles. The van der Waals surface area contributed by atoms with Gasteiger partial charge in [-0.05, 0) is 30.9 Å². The minimum Gasteiger partial charge on any atom is -0.481 e. The van der Waals surface area contributed by atoms with Gasteiger partial charge in [0.2, 0.25) is 0 Å². The molecule has 1 aliphatic rings. The van der Waals surface area contributed by atoms with Crippen LogP contribution in [0.15, 0.2) is 24.3 Å². The molecule has 1 saturated carbocycles. The number of carbonyl (C=O) groups is 2. The maximum absolute atomic E-state index is 12.6. The van der Waals surface area contributed by atoms with Crippen LogP contribution >= 0.6 is 0 Å². The van der Waals surface area contributed by atoms with E-state index in [2.05, 4.69) is 0 Å². The first-order valence-corrected chi connectivity index (χ1v) is 6.74. The Labute approximate surface area is 113 Å². The molecule has 0 radical (unpaired) electrons. The van der Waals surface area contributed by atoms with E-state index < -0.39 is 5.97 Å². The van der Waals surface area contributed by atoms with E-state index in [9.17, 15) is 9.59 Å². The lowest BCUT2D eigenvalue weighted by atomic mass is 10.0. The summed E-state index contributed by atoms with van der Waals surface area (Å²) in [6, 6.07) is 7.80. The number of aliphatic carboxylic acids is 1. The van der Waals surface area contributed by atoms with Crippen LogP contribution in [0.25, 0.3) is 0 Å². The molecule has 4 heteroatoms. The fraction of sp³-hybridized carbons (Fsp3) is 0.467. The van der Waals surface area contributed by atoms with E-state index in [0.717, 1.165) is 24.8 Å². The van der Waals surface area contributed by atoms with Gasteiger partial charge in [-0.25, -0.2) is 0 Å². The third kappa shape index (κ3) is 3.34. The average molecular weight is 261 g/mol. The van der Waals surface area contributed by atoms with Crippen molar-refractivity contribution in [2.45, 2.75) is 38.6 Å². The molecule has 1 fully saturated rings. The van der Waals surface area contributed by atoms with Gasteiger partial charge in [-0.2, -0.15) is 0 Å². The molecule has 2 rings (SSSR count). The molecule has 1 amide bonds. The van der Waals surface area contributed by atoms with Crippen LogP contribution in [0.5, 0.6) is 0 Å². The van der Waals surface area contributed by atoms with Crippen LogP contribution in [0, 0.1) is 0 Å². The predicted molar refractivity (Wildman–Crippen MR) is 72.1 cm³/mol. The molecule has 4 nitrogen and oxygen atoms in total. The minimum atomic E-state index is -0.859. The summed E-state index contributed by atoms with van der Waals surface area (Å²) in [6.07, 6.45) is 2.79. The van der Waals surface area contributed by atoms with Crippen LogP contribution in [0.2, 0.25) is 0 Å². The highest BCUT2D eigenvalue weighted by molar-refractivity contribution is 5.96. The molecule has 0 atom stereocenters. The average Bonchev–Trinajstić information content (AvgIpc) is 3.23. The molecule has 0 saturated heterocycles. The number of hydrogen-bond donors (Lipinski definition) is 1. The van der Waals surface area contributed by atoms with Crippen LogP contribution < -0.4 is 0 Å². The van der Waals surface area contributed by atoms with E-state index in [0.29, 0.717) is 12.1 Å². The van der Waals surface area contributed by atoms with Gasteiger partial charge in [-0.15, -0.1) is 0 Å². The molecule has 1 aromatic carbocycles. The summed E-state index contributed by atoms with van der Waals surface area (Å²) in [5.74, 6) is -0.886. The SMILES string of the molecule is CCc1ccccc1C(=O)N(CCC(=O)O)C1CC1. The third-order valence-corrected chi connectivity index (χ3v) is 3.44. The first kappa shape index (κ1) is 13.6. The van der Waals surface area contributed by atoms with Crippen LogP contribution in [0.3, 0.4) is 0 Å². The molecule has 1 N–H and O–H groups in total. The van der Waals surface area contributed by atoms with E-state index in [1.54, 1.807) is 4.90 Å². The van der Waals surface area contributed by atoms with Crippen molar-refractivity contribution in [1.29, 1.82) is 0 Å². The normalized spacial score (nSPS) is 14.2. The fourth-order valence-electron chi connectivity index (χ4n) is 2.24. The van der Waals surface area contributed by atoms with Gasteiger partial charge in [0.15, 0.2) is 0 Å². The van der Waals surface area contributed by atoms with E-state index in [1.807, 2.05) is 31.2 Å². The van der Waals surface area contributed by atoms with Crippen molar-refractivity contribution in [3.05, 3.63) is 35.4 Å². The lowest BCUT2D eigenvalue weighted by Crippen LogP contribution is -2.35. The van der Waals surface area contributed by atoms with Gasteiger partial charge in [0.1, 0.15) is 0 Å². The molecule has 1 aromatic rings. The summed E-state index contributed by atoms with van der Waals surface area (Å²) >= 11 is 0. The van der Waals surface area contributed by atoms with Crippen molar-refractivity contribution in [2.75, 3.05) is 6.54 Å². The quantitative estimate of drug-likeness (QED) is 0.855. The summed E-state index contributed by atoms with van der Waals surface area (Å²) < 4.78 is 0. The second kappa shape index (κ2) is 5.87. The van der Waals surface area contributed by atoms with Crippen molar-refractivity contribution < 1.29 is 14.7 Å². The van der Waals surface area contributed by atoms with Gasteiger partial charge < -0.3 is 10.0 Å². The Morgan fingerprint density at radius 2 is 2.00 bits per heavy atom. The maximum atomic E-state index is 12.6. The molecular formula is C15H19NO3. The molecule has 0 unspecified atom stereocenters. The number of carbonyl (C=O) groups excluding carboxylic acids is 1. The molecule has 0 heterocycles. The predicted octanol–water partition coefficient (Wildman–Crippen LogP) is 2.33. The molecule has 0 bridgehead atoms. The Kier molecular flexibility index (Phi) is 4.20. The Hall–Kier alpha value is -1.84. The lowest BCUT2D eigenvalue weighted by molar-refractivity contribution is -0.137. The number of rotatable bonds is 6. The number of benzene rings is 1. The minimum absolute atomic E-state index is 0.0104. The van der Waals surface area contributed by atoms with Crippen LogP contribution in [0.4, 0.5) is 0 Å². The van der Waals surface area contributed by atoms with Crippen LogP contribution in [-0.4, -0.2) is 34.5 Å². The first-order valence-electron chi connectivity index (χ1n) is 6.74. The van der Waals surface area contributed by atoms with Crippen molar-refractivity contribution in [3.63, 3.8) is 0 Å². The van der Waals surface area contributed by atoms with Gasteiger partial charge >= 0.3 is 5.97 Å². The number of hydrogen-bond acceptors (Lipinski definition) is 2. The topological polar surface area (TPSA) is 57.6 Å². The number of carboxylic acid groups (broad SMARTS) is 1. The fourth-order valence-corrected chi connectivity index (χ4v) is 2.24. The number of aryl methyl sites for hydroxylation is 1. The van der Waals surface area contributed by atoms with E-state index in [1.165, 1.54) is 0 Å². The summed E-state index contributed by atoms with van der Waals surface area (Å²) in [5.41, 5.74) is 1.73. The van der Waals surface area contributed by atoms with Crippen molar-refractivity contribution >= 4 is 11.9 Å². The summed E-state index contributed by atoms with van der Waals surface area (Å²) in [5, 5.41) is 8.78. The summed E-state index contributed by atoms with van der Waals surface area (Å²) in [6.45, 7) is 2.32. The zero-order chi connectivity index (χ0) is 13.8. The number of amides is 1. The molecule has 0 spiro atoms. The molecule has 102 valence electrons. The Morgan fingerprint density at radius 3 is 2.58 bits per heavy atom. The second-order valence-electron chi connectivity index (χ2n) is 4.88. The molecule has 0 aromatic heterocycles. The third-order valence-electron chi connectivity index (χ3n) is 3.44. The lowest BCUT2D eigenvalue weighted by Gasteiger charge is -2.22. The van der Waals surface area contributed by atoms with Gasteiger partial charge in [0.05, 0.1) is 6.42 Å². The summed E-state index contributed by atoms with van der Waals surface area (Å²) in [7, 11) is 0. The smallest absolute Gasteiger partial charge is 0.305 e. The molecule has 0 aliphatic heterocycles. The van der Waals surface area contributed by atoms with E-state index in [-0.39, 0.29) is 18.4 Å². The van der Waals surface area contributed by atoms with E-state index in [4.69, 9.17) is 5.11 Å². The van der Waals surface area contributed by atoms with Crippen molar-refractivity contribution in [1.82, 2.24) is 4.90 Å². The standard InChI is InChI=1S/C15H19NO3/c1-2-11-5-3-4-6-13(11)15(19)16(12-7-8-12)10-9-14(17)18/h3-6,12H,2,7-10H2,1H3,(H,17,18). The van der Waals surface area contributed by atoms with Gasteiger partial charge in [-0.3, -0.25) is 9.59 Å². The second-order valence-corrected chi connectivity index (χ2v) is 4.88. The Bertz CT molecular complexity index is 480. The molecule has 19 heavy (non-hydrogen) atoms. The highest BCUT2D eigenvalue weighted by atomic mass is 16.4. The first-order chi connectivity index (χ1) is 9.13. The van der Waals surface area contributed by atoms with Gasteiger partial charge in [-0.1, -0.05) is 25.1 Å². The summed E-state index contributed by atoms with van der Waals surface area (Å²) in [4.78, 5) is 25.0. The zero-order valence-corrected chi connectivity index (χ0v) is 11.1. The van der Waals surface area contributed by atoms with E-state index >= 15 is 0 Å².